The summed E-state index contributed by atoms with van der Waals surface area (Å²) in [5, 5.41) is 5.04. The number of hydrogen-bond acceptors (Lipinski definition) is 4. The number of anilines is 1. The molecule has 1 aromatic carbocycles. The number of fused-ring (bicyclic) bond motifs is 1. The van der Waals surface area contributed by atoms with Gasteiger partial charge in [0, 0.05) is 24.4 Å². The Balaban J connectivity index is 2.43. The molecule has 2 aromatic heterocycles. The predicted octanol–water partition coefficient (Wildman–Crippen LogP) is 2.73. The van der Waals surface area contributed by atoms with Gasteiger partial charge in [0.1, 0.15) is 11.4 Å². The highest BCUT2D eigenvalue weighted by Gasteiger charge is 2.19. The predicted molar refractivity (Wildman–Crippen MR) is 74.1 cm³/mol. The van der Waals surface area contributed by atoms with E-state index in [-0.39, 0.29) is 0 Å². The number of hydrogen-bond donors (Lipinski definition) is 1. The van der Waals surface area contributed by atoms with Crippen molar-refractivity contribution in [3.63, 3.8) is 0 Å². The van der Waals surface area contributed by atoms with Crippen molar-refractivity contribution in [1.82, 2.24) is 9.72 Å². The van der Waals surface area contributed by atoms with Crippen LogP contribution in [0.5, 0.6) is 5.75 Å². The van der Waals surface area contributed by atoms with E-state index in [4.69, 9.17) is 15.0 Å². The van der Waals surface area contributed by atoms with Crippen LogP contribution in [0.4, 0.5) is 5.88 Å². The van der Waals surface area contributed by atoms with Gasteiger partial charge >= 0.3 is 0 Å². The lowest BCUT2D eigenvalue weighted by Gasteiger charge is -2.03. The van der Waals surface area contributed by atoms with E-state index in [0.717, 1.165) is 33.6 Å². The van der Waals surface area contributed by atoms with Crippen LogP contribution in [0.1, 0.15) is 5.69 Å². The van der Waals surface area contributed by atoms with Gasteiger partial charge in [-0.1, -0.05) is 11.2 Å². The van der Waals surface area contributed by atoms with Gasteiger partial charge in [-0.15, -0.1) is 0 Å². The third kappa shape index (κ3) is 1.58. The molecule has 5 nitrogen and oxygen atoms in total. The maximum absolute atomic E-state index is 5.62. The van der Waals surface area contributed by atoms with Crippen LogP contribution in [-0.4, -0.2) is 16.8 Å². The fraction of sp³-hybridized carbons (Fsp3) is 0.214. The zero-order valence-corrected chi connectivity index (χ0v) is 11.1. The zero-order valence-electron chi connectivity index (χ0n) is 11.1. The van der Waals surface area contributed by atoms with Crippen LogP contribution < -0.4 is 10.5 Å². The zero-order chi connectivity index (χ0) is 13.6. The molecule has 0 radical (unpaired) electrons. The first-order valence-corrected chi connectivity index (χ1v) is 5.98. The number of rotatable bonds is 2. The minimum atomic E-state index is 0.307. The summed E-state index contributed by atoms with van der Waals surface area (Å²) in [4.78, 5) is 0. The molecule has 0 fully saturated rings. The molecule has 3 rings (SSSR count). The monoisotopic (exact) mass is 257 g/mol. The van der Waals surface area contributed by atoms with Crippen LogP contribution in [0.2, 0.25) is 0 Å². The Morgan fingerprint density at radius 1 is 1.37 bits per heavy atom. The van der Waals surface area contributed by atoms with Gasteiger partial charge in [0.05, 0.1) is 18.0 Å². The second-order valence-corrected chi connectivity index (χ2v) is 4.49. The number of nitrogens with two attached hydrogens (primary N) is 1. The lowest BCUT2D eigenvalue weighted by atomic mass is 10.1. The second-order valence-electron chi connectivity index (χ2n) is 4.49. The van der Waals surface area contributed by atoms with Crippen molar-refractivity contribution in [2.45, 2.75) is 6.92 Å². The van der Waals surface area contributed by atoms with Crippen molar-refractivity contribution in [2.75, 3.05) is 12.8 Å². The number of aryl methyl sites for hydroxylation is 1. The highest BCUT2D eigenvalue weighted by molar-refractivity contribution is 6.01. The van der Waals surface area contributed by atoms with E-state index in [2.05, 4.69) is 15.8 Å². The summed E-state index contributed by atoms with van der Waals surface area (Å²) in [5.41, 5.74) is 9.52. The van der Waals surface area contributed by atoms with E-state index in [1.54, 1.807) is 13.2 Å². The summed E-state index contributed by atoms with van der Waals surface area (Å²) in [6, 6.07) is 7.70. The van der Waals surface area contributed by atoms with Gasteiger partial charge in [-0.3, -0.25) is 0 Å². The lowest BCUT2D eigenvalue weighted by Crippen LogP contribution is -1.90. The SMILES string of the molecule is COc1cccc2c1c(-c1cc(N)on1)c(C)n2C. The van der Waals surface area contributed by atoms with E-state index in [0.29, 0.717) is 5.88 Å². The average Bonchev–Trinajstić information content (AvgIpc) is 2.93. The van der Waals surface area contributed by atoms with Gasteiger partial charge in [0.15, 0.2) is 0 Å². The summed E-state index contributed by atoms with van der Waals surface area (Å²) < 4.78 is 12.6. The van der Waals surface area contributed by atoms with Gasteiger partial charge in [-0.05, 0) is 19.1 Å². The number of methoxy groups -OCH3 is 1. The Hall–Kier alpha value is -2.43. The quantitative estimate of drug-likeness (QED) is 0.766. The number of benzene rings is 1. The van der Waals surface area contributed by atoms with E-state index in [1.807, 2.05) is 26.1 Å². The maximum Gasteiger partial charge on any atom is 0.222 e. The van der Waals surface area contributed by atoms with Gasteiger partial charge in [0.2, 0.25) is 5.88 Å². The Bertz CT molecular complexity index is 755. The van der Waals surface area contributed by atoms with Gasteiger partial charge in [0.25, 0.3) is 0 Å². The average molecular weight is 257 g/mol. The largest absolute Gasteiger partial charge is 0.496 e. The van der Waals surface area contributed by atoms with Crippen molar-refractivity contribution in [3.05, 3.63) is 30.0 Å². The van der Waals surface area contributed by atoms with E-state index in [9.17, 15) is 0 Å². The van der Waals surface area contributed by atoms with E-state index in [1.165, 1.54) is 0 Å². The molecule has 0 spiro atoms. The Kier molecular flexibility index (Phi) is 2.48. The number of nitrogens with zero attached hydrogens (tertiary/aromatic N) is 2. The number of nitrogen functional groups attached to an aromatic ring is 1. The van der Waals surface area contributed by atoms with E-state index >= 15 is 0 Å². The lowest BCUT2D eigenvalue weighted by molar-refractivity contribution is 0.420. The maximum atomic E-state index is 5.62. The molecule has 5 heteroatoms. The van der Waals surface area contributed by atoms with Crippen LogP contribution in [0, 0.1) is 6.92 Å². The van der Waals surface area contributed by atoms with Crippen molar-refractivity contribution in [1.29, 1.82) is 0 Å². The molecule has 2 N–H and O–H groups in total. The molecule has 0 saturated heterocycles. The first-order valence-electron chi connectivity index (χ1n) is 5.98. The molecule has 98 valence electrons. The van der Waals surface area contributed by atoms with Gasteiger partial charge < -0.3 is 19.6 Å². The van der Waals surface area contributed by atoms with Crippen LogP contribution >= 0.6 is 0 Å². The summed E-state index contributed by atoms with van der Waals surface area (Å²) in [6.07, 6.45) is 0. The van der Waals surface area contributed by atoms with Gasteiger partial charge in [-0.25, -0.2) is 0 Å². The Labute approximate surface area is 110 Å². The molecule has 0 aliphatic rings. The highest BCUT2D eigenvalue weighted by atomic mass is 16.5. The van der Waals surface area contributed by atoms with Crippen LogP contribution in [0.15, 0.2) is 28.8 Å². The molecule has 0 amide bonds. The summed E-state index contributed by atoms with van der Waals surface area (Å²) in [7, 11) is 3.68. The number of ether oxygens (including phenoxy) is 1. The fourth-order valence-corrected chi connectivity index (χ4v) is 2.47. The molecule has 0 saturated carbocycles. The highest BCUT2D eigenvalue weighted by Crippen LogP contribution is 2.39. The van der Waals surface area contributed by atoms with Crippen LogP contribution in [-0.2, 0) is 7.05 Å². The Morgan fingerprint density at radius 2 is 2.16 bits per heavy atom. The van der Waals surface area contributed by atoms with E-state index < -0.39 is 0 Å². The molecule has 0 unspecified atom stereocenters. The minimum Gasteiger partial charge on any atom is -0.496 e. The molecule has 0 bridgehead atoms. The molecular weight excluding hydrogens is 242 g/mol. The third-order valence-corrected chi connectivity index (χ3v) is 3.48. The second kappa shape index (κ2) is 4.05. The summed E-state index contributed by atoms with van der Waals surface area (Å²) in [6.45, 7) is 2.04. The topological polar surface area (TPSA) is 66.2 Å². The molecule has 2 heterocycles. The smallest absolute Gasteiger partial charge is 0.222 e. The Morgan fingerprint density at radius 3 is 2.79 bits per heavy atom. The normalized spacial score (nSPS) is 11.1. The minimum absolute atomic E-state index is 0.307. The summed E-state index contributed by atoms with van der Waals surface area (Å²) >= 11 is 0. The first-order chi connectivity index (χ1) is 9.13. The molecule has 0 aliphatic carbocycles. The van der Waals surface area contributed by atoms with Crippen molar-refractivity contribution < 1.29 is 9.26 Å². The fourth-order valence-electron chi connectivity index (χ4n) is 2.47. The van der Waals surface area contributed by atoms with Crippen molar-refractivity contribution in [3.8, 4) is 17.0 Å². The van der Waals surface area contributed by atoms with Crippen molar-refractivity contribution >= 4 is 16.8 Å². The first kappa shape index (κ1) is 11.6. The third-order valence-electron chi connectivity index (χ3n) is 3.48. The van der Waals surface area contributed by atoms with Crippen LogP contribution in [0.3, 0.4) is 0 Å². The molecule has 19 heavy (non-hydrogen) atoms. The van der Waals surface area contributed by atoms with Crippen LogP contribution in [0.25, 0.3) is 22.2 Å². The molecular formula is C14H15N3O2. The molecule has 0 atom stereocenters. The summed E-state index contributed by atoms with van der Waals surface area (Å²) in [5.74, 6) is 1.12. The van der Waals surface area contributed by atoms with Gasteiger partial charge in [-0.2, -0.15) is 0 Å². The molecule has 3 aromatic rings. The van der Waals surface area contributed by atoms with Crippen molar-refractivity contribution in [2.24, 2.45) is 7.05 Å². The number of aromatic nitrogens is 2. The standard InChI is InChI=1S/C14H15N3O2/c1-8-13(9-7-12(15)19-16-9)14-10(17(8)2)5-4-6-11(14)18-3/h4-7H,15H2,1-3H3. The molecule has 0 aliphatic heterocycles.